The number of aryl methyl sites for hydroxylation is 2. The van der Waals surface area contributed by atoms with Crippen LogP contribution in [0.2, 0.25) is 5.02 Å². The molecule has 1 aliphatic carbocycles. The first-order chi connectivity index (χ1) is 13.1. The molecule has 5 nitrogen and oxygen atoms in total. The van der Waals surface area contributed by atoms with E-state index in [0.29, 0.717) is 27.0 Å². The summed E-state index contributed by atoms with van der Waals surface area (Å²) in [4.78, 5) is 18.9. The maximum atomic E-state index is 12.9. The summed E-state index contributed by atoms with van der Waals surface area (Å²) in [7, 11) is 1.55. The number of pyridine rings is 1. The number of methoxy groups -OCH3 is 1. The van der Waals surface area contributed by atoms with Crippen molar-refractivity contribution in [2.45, 2.75) is 32.1 Å². The van der Waals surface area contributed by atoms with Crippen LogP contribution in [0.3, 0.4) is 0 Å². The first-order valence-corrected chi connectivity index (χ1v) is 10.1. The van der Waals surface area contributed by atoms with Gasteiger partial charge in [0.05, 0.1) is 18.5 Å². The number of amides is 1. The molecule has 7 heteroatoms. The topological polar surface area (TPSA) is 77.2 Å². The number of benzene rings is 1. The molecule has 0 spiro atoms. The van der Waals surface area contributed by atoms with Crippen LogP contribution in [0.15, 0.2) is 24.3 Å². The Bertz CT molecular complexity index is 1030. The average molecular weight is 402 g/mol. The number of rotatable bonds is 3. The summed E-state index contributed by atoms with van der Waals surface area (Å²) in [5.41, 5.74) is 9.71. The molecule has 3 aromatic rings. The first-order valence-electron chi connectivity index (χ1n) is 8.92. The van der Waals surface area contributed by atoms with Crippen molar-refractivity contribution in [3.05, 3.63) is 45.4 Å². The molecule has 0 fully saturated rings. The van der Waals surface area contributed by atoms with E-state index in [0.717, 1.165) is 35.2 Å². The zero-order valence-electron chi connectivity index (χ0n) is 15.0. The van der Waals surface area contributed by atoms with Crippen molar-refractivity contribution in [3.63, 3.8) is 0 Å². The molecule has 27 heavy (non-hydrogen) atoms. The van der Waals surface area contributed by atoms with Gasteiger partial charge in [0, 0.05) is 16.1 Å². The lowest BCUT2D eigenvalue weighted by Gasteiger charge is -2.10. The van der Waals surface area contributed by atoms with Crippen molar-refractivity contribution in [2.24, 2.45) is 0 Å². The van der Waals surface area contributed by atoms with E-state index >= 15 is 0 Å². The number of aromatic nitrogens is 1. The molecule has 0 unspecified atom stereocenters. The highest BCUT2D eigenvalue weighted by molar-refractivity contribution is 7.21. The Hall–Kier alpha value is -2.31. The Morgan fingerprint density at radius 1 is 1.26 bits per heavy atom. The van der Waals surface area contributed by atoms with Gasteiger partial charge in [-0.25, -0.2) is 4.98 Å². The van der Waals surface area contributed by atoms with Crippen LogP contribution in [0.5, 0.6) is 5.75 Å². The quantitative estimate of drug-likeness (QED) is 0.601. The number of nitrogen functional groups attached to an aromatic ring is 1. The second kappa shape index (κ2) is 7.37. The molecule has 0 bridgehead atoms. The van der Waals surface area contributed by atoms with Crippen LogP contribution >= 0.6 is 22.9 Å². The van der Waals surface area contributed by atoms with Gasteiger partial charge >= 0.3 is 0 Å². The third-order valence-electron chi connectivity index (χ3n) is 4.87. The van der Waals surface area contributed by atoms with E-state index < -0.39 is 0 Å². The number of carbonyl (C=O) groups excluding carboxylic acids is 1. The Kier molecular flexibility index (Phi) is 4.93. The van der Waals surface area contributed by atoms with Gasteiger partial charge in [-0.3, -0.25) is 4.79 Å². The van der Waals surface area contributed by atoms with E-state index in [1.165, 1.54) is 29.7 Å². The third-order valence-corrected chi connectivity index (χ3v) is 6.21. The maximum Gasteiger partial charge on any atom is 0.268 e. The highest BCUT2D eigenvalue weighted by Crippen LogP contribution is 2.36. The van der Waals surface area contributed by atoms with Crippen LogP contribution in [0, 0.1) is 0 Å². The van der Waals surface area contributed by atoms with Crippen LogP contribution in [-0.4, -0.2) is 18.0 Å². The number of nitrogens with one attached hydrogen (secondary N) is 1. The predicted octanol–water partition coefficient (Wildman–Crippen LogP) is 5.06. The van der Waals surface area contributed by atoms with E-state index in [2.05, 4.69) is 11.4 Å². The van der Waals surface area contributed by atoms with Crippen LogP contribution < -0.4 is 15.8 Å². The summed E-state index contributed by atoms with van der Waals surface area (Å²) in [5.74, 6) is 0.253. The lowest BCUT2D eigenvalue weighted by atomic mass is 10.1. The standard InChI is InChI=1S/C20H20ClN3O2S/c1-26-16-8-7-12(21)10-15(16)23-19(25)18-17(22)13-9-11-5-3-2-4-6-14(11)24-20(13)27-18/h7-10H,2-6,22H2,1H3,(H,23,25). The lowest BCUT2D eigenvalue weighted by Crippen LogP contribution is -2.12. The number of carbonyl (C=O) groups is 1. The predicted molar refractivity (Wildman–Crippen MR) is 111 cm³/mol. The molecule has 140 valence electrons. The van der Waals surface area contributed by atoms with Crippen molar-refractivity contribution in [3.8, 4) is 5.75 Å². The molecular weight excluding hydrogens is 382 g/mol. The normalized spacial score (nSPS) is 13.9. The first kappa shape index (κ1) is 18.1. The van der Waals surface area contributed by atoms with E-state index in [1.807, 2.05) is 0 Å². The van der Waals surface area contributed by atoms with Crippen molar-refractivity contribution < 1.29 is 9.53 Å². The molecule has 1 aromatic carbocycles. The van der Waals surface area contributed by atoms with Crippen molar-refractivity contribution >= 4 is 50.4 Å². The molecular formula is C20H20ClN3O2S. The van der Waals surface area contributed by atoms with Gasteiger partial charge in [0.1, 0.15) is 15.5 Å². The summed E-state index contributed by atoms with van der Waals surface area (Å²) >= 11 is 7.37. The molecule has 1 aliphatic rings. The summed E-state index contributed by atoms with van der Waals surface area (Å²) in [6, 6.07) is 7.19. The van der Waals surface area contributed by atoms with E-state index in [9.17, 15) is 4.79 Å². The Balaban J connectivity index is 1.70. The molecule has 0 radical (unpaired) electrons. The fraction of sp³-hybridized carbons (Fsp3) is 0.300. The highest BCUT2D eigenvalue weighted by Gasteiger charge is 2.21. The summed E-state index contributed by atoms with van der Waals surface area (Å²) in [6.07, 6.45) is 5.58. The Morgan fingerprint density at radius 2 is 2.07 bits per heavy atom. The second-order valence-electron chi connectivity index (χ2n) is 6.65. The summed E-state index contributed by atoms with van der Waals surface area (Å²) < 4.78 is 5.29. The van der Waals surface area contributed by atoms with Gasteiger partial charge in [0.15, 0.2) is 0 Å². The van der Waals surface area contributed by atoms with Gasteiger partial charge in [0.2, 0.25) is 0 Å². The van der Waals surface area contributed by atoms with Crippen LogP contribution in [0.1, 0.15) is 40.2 Å². The molecule has 3 N–H and O–H groups in total. The minimum absolute atomic E-state index is 0.286. The van der Waals surface area contributed by atoms with Gasteiger partial charge < -0.3 is 15.8 Å². The number of nitrogens with zero attached hydrogens (tertiary/aromatic N) is 1. The molecule has 1 amide bonds. The van der Waals surface area contributed by atoms with Crippen LogP contribution in [0.25, 0.3) is 10.2 Å². The molecule has 0 saturated heterocycles. The molecule has 0 saturated carbocycles. The third kappa shape index (κ3) is 3.47. The SMILES string of the molecule is COc1ccc(Cl)cc1NC(=O)c1sc2nc3c(cc2c1N)CCCCC3. The zero-order chi connectivity index (χ0) is 19.0. The van der Waals surface area contributed by atoms with Crippen LogP contribution in [-0.2, 0) is 12.8 Å². The fourth-order valence-electron chi connectivity index (χ4n) is 3.46. The van der Waals surface area contributed by atoms with Crippen molar-refractivity contribution in [2.75, 3.05) is 18.2 Å². The number of halogens is 1. The number of thiophene rings is 1. The highest BCUT2D eigenvalue weighted by atomic mass is 35.5. The van der Waals surface area contributed by atoms with Gasteiger partial charge in [-0.1, -0.05) is 18.0 Å². The van der Waals surface area contributed by atoms with Gasteiger partial charge in [0.25, 0.3) is 5.91 Å². The number of nitrogens with two attached hydrogens (primary N) is 1. The number of ether oxygens (including phenoxy) is 1. The Morgan fingerprint density at radius 3 is 2.89 bits per heavy atom. The minimum atomic E-state index is -0.286. The monoisotopic (exact) mass is 401 g/mol. The number of hydrogen-bond acceptors (Lipinski definition) is 5. The number of anilines is 2. The minimum Gasteiger partial charge on any atom is -0.495 e. The van der Waals surface area contributed by atoms with E-state index in [1.54, 1.807) is 25.3 Å². The maximum absolute atomic E-state index is 12.9. The molecule has 0 aliphatic heterocycles. The molecule has 2 aromatic heterocycles. The summed E-state index contributed by atoms with van der Waals surface area (Å²) in [5, 5.41) is 4.23. The average Bonchev–Trinajstić information content (AvgIpc) is 2.82. The smallest absolute Gasteiger partial charge is 0.268 e. The summed E-state index contributed by atoms with van der Waals surface area (Å²) in [6.45, 7) is 0. The number of fused-ring (bicyclic) bond motifs is 2. The molecule has 4 rings (SSSR count). The second-order valence-corrected chi connectivity index (χ2v) is 8.09. The largest absolute Gasteiger partial charge is 0.495 e. The molecule has 0 atom stereocenters. The fourth-order valence-corrected chi connectivity index (χ4v) is 4.63. The zero-order valence-corrected chi connectivity index (χ0v) is 16.5. The lowest BCUT2D eigenvalue weighted by molar-refractivity contribution is 0.103. The van der Waals surface area contributed by atoms with Crippen molar-refractivity contribution in [1.82, 2.24) is 4.98 Å². The van der Waals surface area contributed by atoms with Gasteiger partial charge in [-0.15, -0.1) is 11.3 Å². The van der Waals surface area contributed by atoms with Crippen molar-refractivity contribution in [1.29, 1.82) is 0 Å². The van der Waals surface area contributed by atoms with Crippen LogP contribution in [0.4, 0.5) is 11.4 Å². The molecule has 2 heterocycles. The van der Waals surface area contributed by atoms with E-state index in [4.69, 9.17) is 27.1 Å². The van der Waals surface area contributed by atoms with E-state index in [-0.39, 0.29) is 5.91 Å². The van der Waals surface area contributed by atoms with Gasteiger partial charge in [-0.2, -0.15) is 0 Å². The Labute approximate surface area is 166 Å². The van der Waals surface area contributed by atoms with Gasteiger partial charge in [-0.05, 0) is 55.5 Å². The number of hydrogen-bond donors (Lipinski definition) is 2.